The number of fused-ring (bicyclic) bond motifs is 2. The molecule has 9 heteroatoms. The van der Waals surface area contributed by atoms with Gasteiger partial charge >= 0.3 is 0 Å². The molecule has 1 atom stereocenters. The van der Waals surface area contributed by atoms with Gasteiger partial charge in [0.05, 0.1) is 22.4 Å². The van der Waals surface area contributed by atoms with Gasteiger partial charge in [-0.3, -0.25) is 9.89 Å². The Morgan fingerprint density at radius 1 is 1.17 bits per heavy atom. The Balaban J connectivity index is 1.45. The van der Waals surface area contributed by atoms with Crippen LogP contribution in [0.15, 0.2) is 72.7 Å². The highest BCUT2D eigenvalue weighted by atomic mass is 35.5. The summed E-state index contributed by atoms with van der Waals surface area (Å²) in [5.41, 5.74) is 10.6. The minimum absolute atomic E-state index is 0.0522. The first-order valence-corrected chi connectivity index (χ1v) is 11.3. The number of aromatic nitrogens is 2. The molecule has 7 nitrogen and oxygen atoms in total. The molecule has 35 heavy (non-hydrogen) atoms. The van der Waals surface area contributed by atoms with E-state index in [1.807, 2.05) is 36.4 Å². The summed E-state index contributed by atoms with van der Waals surface area (Å²) >= 11 is 5.80. The first-order valence-electron chi connectivity index (χ1n) is 11.0. The van der Waals surface area contributed by atoms with Gasteiger partial charge in [-0.2, -0.15) is 5.10 Å². The first kappa shape index (κ1) is 22.6. The molecule has 0 bridgehead atoms. The smallest absolute Gasteiger partial charge is 0.272 e. The summed E-state index contributed by atoms with van der Waals surface area (Å²) in [7, 11) is 0. The largest absolute Gasteiger partial charge is 0.393 e. The van der Waals surface area contributed by atoms with Gasteiger partial charge in [-0.1, -0.05) is 54.1 Å². The van der Waals surface area contributed by atoms with Gasteiger partial charge in [-0.15, -0.1) is 0 Å². The van der Waals surface area contributed by atoms with Crippen LogP contribution in [0, 0.1) is 5.82 Å². The lowest BCUT2D eigenvalue weighted by Crippen LogP contribution is -2.43. The number of aromatic amines is 1. The number of halogens is 2. The molecule has 176 valence electrons. The predicted octanol–water partition coefficient (Wildman–Crippen LogP) is 4.56. The van der Waals surface area contributed by atoms with Crippen LogP contribution in [0.3, 0.4) is 0 Å². The van der Waals surface area contributed by atoms with E-state index in [-0.39, 0.29) is 16.4 Å². The van der Waals surface area contributed by atoms with Crippen molar-refractivity contribution in [2.75, 3.05) is 11.9 Å². The monoisotopic (exact) mass is 489 g/mol. The zero-order chi connectivity index (χ0) is 24.5. The van der Waals surface area contributed by atoms with E-state index in [9.17, 15) is 14.0 Å². The van der Waals surface area contributed by atoms with Crippen molar-refractivity contribution < 1.29 is 14.0 Å². The summed E-state index contributed by atoms with van der Waals surface area (Å²) in [6, 6.07) is 15.3. The molecule has 2 heterocycles. The molecule has 1 aliphatic heterocycles. The summed E-state index contributed by atoms with van der Waals surface area (Å²) in [6.45, 7) is 0.297. The van der Waals surface area contributed by atoms with Crippen LogP contribution in [0.2, 0.25) is 5.02 Å². The van der Waals surface area contributed by atoms with E-state index in [1.165, 1.54) is 23.2 Å². The van der Waals surface area contributed by atoms with Gasteiger partial charge in [0.25, 0.3) is 5.91 Å². The van der Waals surface area contributed by atoms with E-state index in [2.05, 4.69) is 15.5 Å². The van der Waals surface area contributed by atoms with E-state index < -0.39 is 17.8 Å². The van der Waals surface area contributed by atoms with Gasteiger partial charge in [-0.05, 0) is 35.2 Å². The minimum Gasteiger partial charge on any atom is -0.393 e. The zero-order valence-corrected chi connectivity index (χ0v) is 19.2. The number of H-pyrrole nitrogens is 1. The molecular weight excluding hydrogens is 469 g/mol. The molecule has 4 N–H and O–H groups in total. The Hall–Kier alpha value is -4.17. The number of aldehydes is 1. The fraction of sp³-hybridized carbons (Fsp3) is 0.115. The fourth-order valence-corrected chi connectivity index (χ4v) is 4.69. The SMILES string of the molecule is N/C(=C\Nc1cccc(Cl)c1F)C(=O)N1CCc2c(-c3cccc4cn[nH]c34)cccc2C1C=O. The Morgan fingerprint density at radius 3 is 2.77 bits per heavy atom. The molecular formula is C26H21ClFN5O2. The van der Waals surface area contributed by atoms with E-state index in [4.69, 9.17) is 17.3 Å². The Labute approximate surface area is 205 Å². The van der Waals surface area contributed by atoms with Crippen LogP contribution in [0.25, 0.3) is 22.0 Å². The van der Waals surface area contributed by atoms with Crippen molar-refractivity contribution in [3.8, 4) is 11.1 Å². The minimum atomic E-state index is -0.804. The number of carbonyl (C=O) groups is 2. The standard InChI is InChI=1S/C26H21ClFN5O2/c27-20-8-3-9-22(24(20)28)30-13-21(29)26(35)33-11-10-17-16(5-2-6-18(17)23(33)14-34)19-7-1-4-15-12-31-32-25(15)19/h1-9,12-14,23,30H,10-11,29H2,(H,31,32)/b21-13-. The summed E-state index contributed by atoms with van der Waals surface area (Å²) in [5, 5.41) is 10.8. The number of benzene rings is 3. The number of rotatable bonds is 5. The Bertz CT molecular complexity index is 1480. The van der Waals surface area contributed by atoms with Crippen molar-refractivity contribution in [1.29, 1.82) is 0 Å². The second-order valence-corrected chi connectivity index (χ2v) is 8.60. The second-order valence-electron chi connectivity index (χ2n) is 8.19. The number of nitrogens with two attached hydrogens (primary N) is 1. The number of hydrogen-bond acceptors (Lipinski definition) is 5. The quantitative estimate of drug-likeness (QED) is 0.281. The summed E-state index contributed by atoms with van der Waals surface area (Å²) in [5.74, 6) is -1.17. The van der Waals surface area contributed by atoms with Crippen LogP contribution in [0.1, 0.15) is 17.2 Å². The maximum absolute atomic E-state index is 14.1. The number of carbonyl (C=O) groups excluding carboxylic acids is 2. The molecule has 1 aromatic heterocycles. The van der Waals surface area contributed by atoms with Crippen LogP contribution < -0.4 is 11.1 Å². The highest BCUT2D eigenvalue weighted by Crippen LogP contribution is 2.37. The highest BCUT2D eigenvalue weighted by molar-refractivity contribution is 6.31. The molecule has 1 amide bonds. The van der Waals surface area contributed by atoms with Crippen molar-refractivity contribution in [3.05, 3.63) is 94.7 Å². The maximum atomic E-state index is 14.1. The van der Waals surface area contributed by atoms with Crippen LogP contribution >= 0.6 is 11.6 Å². The number of amides is 1. The zero-order valence-electron chi connectivity index (χ0n) is 18.5. The predicted molar refractivity (Wildman–Crippen MR) is 133 cm³/mol. The van der Waals surface area contributed by atoms with Gasteiger partial charge in [0.15, 0.2) is 5.82 Å². The molecule has 0 spiro atoms. The third-order valence-corrected chi connectivity index (χ3v) is 6.50. The number of para-hydroxylation sites is 1. The van der Waals surface area contributed by atoms with Gasteiger partial charge in [0.2, 0.25) is 0 Å². The van der Waals surface area contributed by atoms with Crippen LogP contribution in [0.5, 0.6) is 0 Å². The number of anilines is 1. The molecule has 4 aromatic rings. The van der Waals surface area contributed by atoms with E-state index >= 15 is 0 Å². The number of hydrogen-bond donors (Lipinski definition) is 3. The molecule has 0 saturated heterocycles. The van der Waals surface area contributed by atoms with E-state index in [1.54, 1.807) is 12.3 Å². The normalized spacial score (nSPS) is 15.7. The van der Waals surface area contributed by atoms with Gasteiger partial charge in [0.1, 0.15) is 18.0 Å². The van der Waals surface area contributed by atoms with Gasteiger partial charge in [-0.25, -0.2) is 4.39 Å². The lowest BCUT2D eigenvalue weighted by molar-refractivity contribution is -0.133. The first-order chi connectivity index (χ1) is 17.0. The van der Waals surface area contributed by atoms with Gasteiger partial charge < -0.3 is 20.7 Å². The summed E-state index contributed by atoms with van der Waals surface area (Å²) in [4.78, 5) is 26.8. The van der Waals surface area contributed by atoms with Crippen molar-refractivity contribution in [3.63, 3.8) is 0 Å². The fourth-order valence-electron chi connectivity index (χ4n) is 4.52. The molecule has 0 aliphatic carbocycles. The Kier molecular flexibility index (Phi) is 5.96. The van der Waals surface area contributed by atoms with Crippen molar-refractivity contribution in [2.45, 2.75) is 12.5 Å². The lowest BCUT2D eigenvalue weighted by atomic mass is 9.86. The number of nitrogens with one attached hydrogen (secondary N) is 2. The Morgan fingerprint density at radius 2 is 1.94 bits per heavy atom. The molecule has 0 radical (unpaired) electrons. The van der Waals surface area contributed by atoms with Crippen molar-refractivity contribution in [1.82, 2.24) is 15.1 Å². The maximum Gasteiger partial charge on any atom is 0.272 e. The summed E-state index contributed by atoms with van der Waals surface area (Å²) < 4.78 is 14.1. The molecule has 3 aromatic carbocycles. The molecule has 5 rings (SSSR count). The molecule has 1 aliphatic rings. The third-order valence-electron chi connectivity index (χ3n) is 6.21. The lowest BCUT2D eigenvalue weighted by Gasteiger charge is -2.35. The average Bonchev–Trinajstić information content (AvgIpc) is 3.37. The van der Waals surface area contributed by atoms with Gasteiger partial charge in [0, 0.05) is 23.7 Å². The molecule has 0 fully saturated rings. The topological polar surface area (TPSA) is 104 Å². The van der Waals surface area contributed by atoms with Crippen LogP contribution in [0.4, 0.5) is 10.1 Å². The van der Waals surface area contributed by atoms with E-state index in [0.29, 0.717) is 13.0 Å². The highest BCUT2D eigenvalue weighted by Gasteiger charge is 2.33. The third kappa shape index (κ3) is 4.02. The second kappa shape index (κ2) is 9.23. The van der Waals surface area contributed by atoms with Crippen molar-refractivity contribution >= 4 is 40.4 Å². The number of nitrogens with zero attached hydrogens (tertiary/aromatic N) is 2. The molecule has 1 unspecified atom stereocenters. The van der Waals surface area contributed by atoms with Crippen LogP contribution in [-0.2, 0) is 16.0 Å². The van der Waals surface area contributed by atoms with Crippen molar-refractivity contribution in [2.24, 2.45) is 5.73 Å². The molecule has 0 saturated carbocycles. The summed E-state index contributed by atoms with van der Waals surface area (Å²) in [6.07, 6.45) is 4.26. The van der Waals surface area contributed by atoms with Crippen LogP contribution in [-0.4, -0.2) is 33.8 Å². The average molecular weight is 490 g/mol. The van der Waals surface area contributed by atoms with E-state index in [0.717, 1.165) is 39.4 Å².